The maximum absolute atomic E-state index is 13.2. The van der Waals surface area contributed by atoms with Gasteiger partial charge >= 0.3 is 0 Å². The van der Waals surface area contributed by atoms with E-state index in [0.29, 0.717) is 32.0 Å². The summed E-state index contributed by atoms with van der Waals surface area (Å²) in [6.45, 7) is 3.36. The minimum atomic E-state index is -3.63. The Morgan fingerprint density at radius 3 is 2.42 bits per heavy atom. The number of nitrogens with zero attached hydrogens (tertiary/aromatic N) is 2. The summed E-state index contributed by atoms with van der Waals surface area (Å²) in [5.41, 5.74) is 1.53. The fourth-order valence-electron chi connectivity index (χ4n) is 4.57. The van der Waals surface area contributed by atoms with Gasteiger partial charge in [-0.3, -0.25) is 4.79 Å². The lowest BCUT2D eigenvalue weighted by Gasteiger charge is -2.29. The number of allylic oxidation sites excluding steroid dienone is 2. The molecule has 1 aromatic rings. The van der Waals surface area contributed by atoms with E-state index in [2.05, 4.69) is 22.4 Å². The molecule has 2 saturated heterocycles. The zero-order valence-electron chi connectivity index (χ0n) is 18.1. The molecule has 2 fully saturated rings. The van der Waals surface area contributed by atoms with E-state index in [4.69, 9.17) is 4.74 Å². The van der Waals surface area contributed by atoms with Crippen molar-refractivity contribution in [3.63, 3.8) is 0 Å². The molecule has 1 aromatic carbocycles. The first-order chi connectivity index (χ1) is 15.1. The van der Waals surface area contributed by atoms with Gasteiger partial charge < -0.3 is 15.0 Å². The first-order valence-corrected chi connectivity index (χ1v) is 12.9. The zero-order chi connectivity index (χ0) is 21.7. The molecule has 31 heavy (non-hydrogen) atoms. The summed E-state index contributed by atoms with van der Waals surface area (Å²) in [5.74, 6) is -0.0946. The number of ether oxygens (including phenoxy) is 1. The van der Waals surface area contributed by atoms with Crippen molar-refractivity contribution in [3.8, 4) is 0 Å². The van der Waals surface area contributed by atoms with E-state index in [-0.39, 0.29) is 16.7 Å². The first kappa shape index (κ1) is 22.3. The second-order valence-electron chi connectivity index (χ2n) is 8.57. The van der Waals surface area contributed by atoms with Gasteiger partial charge in [0.25, 0.3) is 0 Å². The van der Waals surface area contributed by atoms with E-state index in [1.54, 1.807) is 12.1 Å². The molecule has 3 aliphatic rings. The molecule has 0 aromatic heterocycles. The molecule has 0 bridgehead atoms. The monoisotopic (exact) mass is 447 g/mol. The number of carbonyl (C=O) groups is 1. The molecule has 2 heterocycles. The van der Waals surface area contributed by atoms with Crippen LogP contribution in [-0.4, -0.2) is 58.0 Å². The molecule has 4 rings (SSSR count). The molecule has 1 aliphatic carbocycles. The van der Waals surface area contributed by atoms with Crippen LogP contribution in [0.4, 0.5) is 11.4 Å². The number of nitrogens with one attached hydrogen (secondary N) is 1. The van der Waals surface area contributed by atoms with E-state index in [1.165, 1.54) is 17.1 Å². The van der Waals surface area contributed by atoms with Crippen molar-refractivity contribution < 1.29 is 17.9 Å². The van der Waals surface area contributed by atoms with Crippen molar-refractivity contribution >= 4 is 27.3 Å². The third kappa shape index (κ3) is 5.30. The second-order valence-corrected chi connectivity index (χ2v) is 10.5. The first-order valence-electron chi connectivity index (χ1n) is 11.5. The van der Waals surface area contributed by atoms with E-state index in [0.717, 1.165) is 50.9 Å². The number of morpholine rings is 1. The lowest BCUT2D eigenvalue weighted by Crippen LogP contribution is -2.40. The van der Waals surface area contributed by atoms with Crippen LogP contribution in [0.5, 0.6) is 0 Å². The summed E-state index contributed by atoms with van der Waals surface area (Å²) in [6, 6.07) is 5.21. The molecule has 1 amide bonds. The van der Waals surface area contributed by atoms with Gasteiger partial charge in [0.15, 0.2) is 0 Å². The number of sulfonamides is 1. The fourth-order valence-corrected chi connectivity index (χ4v) is 6.00. The maximum Gasteiger partial charge on any atom is 0.243 e. The average molecular weight is 448 g/mol. The Morgan fingerprint density at radius 2 is 1.74 bits per heavy atom. The van der Waals surface area contributed by atoms with E-state index in [9.17, 15) is 13.2 Å². The van der Waals surface area contributed by atoms with Crippen LogP contribution in [0.25, 0.3) is 0 Å². The van der Waals surface area contributed by atoms with Gasteiger partial charge in [-0.05, 0) is 50.3 Å². The van der Waals surface area contributed by atoms with E-state index >= 15 is 0 Å². The predicted octanol–water partition coefficient (Wildman–Crippen LogP) is 3.38. The van der Waals surface area contributed by atoms with Gasteiger partial charge in [0.1, 0.15) is 0 Å². The predicted molar refractivity (Wildman–Crippen MR) is 122 cm³/mol. The molecule has 8 heteroatoms. The van der Waals surface area contributed by atoms with Gasteiger partial charge in [0, 0.05) is 32.1 Å². The average Bonchev–Trinajstić information content (AvgIpc) is 3.10. The van der Waals surface area contributed by atoms with Crippen LogP contribution in [0.15, 0.2) is 35.2 Å². The lowest BCUT2D eigenvalue weighted by molar-refractivity contribution is -0.120. The highest BCUT2D eigenvalue weighted by atomic mass is 32.2. The molecule has 0 unspecified atom stereocenters. The van der Waals surface area contributed by atoms with Crippen LogP contribution in [-0.2, 0) is 19.6 Å². The second kappa shape index (κ2) is 10.1. The van der Waals surface area contributed by atoms with Crippen LogP contribution >= 0.6 is 0 Å². The quantitative estimate of drug-likeness (QED) is 0.700. The van der Waals surface area contributed by atoms with Crippen LogP contribution < -0.4 is 10.2 Å². The molecule has 0 saturated carbocycles. The van der Waals surface area contributed by atoms with Crippen LogP contribution in [0.3, 0.4) is 0 Å². The van der Waals surface area contributed by atoms with E-state index < -0.39 is 10.0 Å². The minimum absolute atomic E-state index is 0.0265. The molecule has 7 nitrogen and oxygen atoms in total. The van der Waals surface area contributed by atoms with Crippen LogP contribution in [0, 0.1) is 5.92 Å². The zero-order valence-corrected chi connectivity index (χ0v) is 18.9. The number of anilines is 2. The molecule has 1 N–H and O–H groups in total. The number of carbonyl (C=O) groups excluding carboxylic acids is 1. The lowest BCUT2D eigenvalue weighted by atomic mass is 9.93. The third-order valence-electron chi connectivity index (χ3n) is 6.42. The largest absolute Gasteiger partial charge is 0.379 e. The topological polar surface area (TPSA) is 79.0 Å². The van der Waals surface area contributed by atoms with Crippen molar-refractivity contribution in [1.82, 2.24) is 4.31 Å². The summed E-state index contributed by atoms with van der Waals surface area (Å²) in [4.78, 5) is 15.5. The fraction of sp³-hybridized carbons (Fsp3) is 0.609. The highest BCUT2D eigenvalue weighted by Gasteiger charge is 2.28. The molecule has 0 radical (unpaired) electrons. The number of benzene rings is 1. The molecule has 2 aliphatic heterocycles. The maximum atomic E-state index is 13.2. The van der Waals surface area contributed by atoms with Crippen molar-refractivity contribution in [1.29, 1.82) is 0 Å². The number of rotatable bonds is 5. The minimum Gasteiger partial charge on any atom is -0.379 e. The standard InChI is InChI=1S/C23H33N3O4S/c27-23(19-8-4-3-5-9-19)24-21-18-20(31(28,29)26-14-16-30-17-15-26)10-11-22(21)25-12-6-1-2-7-13-25/h3-4,10-11,18-19H,1-2,5-9,12-17H2,(H,24,27)/t19-/m1/s1. The number of hydrogen-bond acceptors (Lipinski definition) is 5. The Bertz CT molecular complexity index is 901. The van der Waals surface area contributed by atoms with Crippen LogP contribution in [0.2, 0.25) is 0 Å². The molecular formula is C23H33N3O4S. The summed E-state index contributed by atoms with van der Waals surface area (Å²) >= 11 is 0. The van der Waals surface area contributed by atoms with Gasteiger partial charge in [-0.2, -0.15) is 4.31 Å². The Balaban J connectivity index is 1.64. The number of hydrogen-bond donors (Lipinski definition) is 1. The highest BCUT2D eigenvalue weighted by molar-refractivity contribution is 7.89. The highest BCUT2D eigenvalue weighted by Crippen LogP contribution is 2.33. The molecular weight excluding hydrogens is 414 g/mol. The van der Waals surface area contributed by atoms with Crippen molar-refractivity contribution in [2.24, 2.45) is 5.92 Å². The number of amides is 1. The Labute approximate surface area is 185 Å². The van der Waals surface area contributed by atoms with Crippen molar-refractivity contribution in [3.05, 3.63) is 30.4 Å². The van der Waals surface area contributed by atoms with Gasteiger partial charge in [-0.25, -0.2) is 8.42 Å². The normalized spacial score (nSPS) is 23.4. The van der Waals surface area contributed by atoms with E-state index in [1.807, 2.05) is 6.07 Å². The third-order valence-corrected chi connectivity index (χ3v) is 8.31. The van der Waals surface area contributed by atoms with Gasteiger partial charge in [0.05, 0.1) is 29.5 Å². The van der Waals surface area contributed by atoms with Crippen LogP contribution in [0.1, 0.15) is 44.9 Å². The Morgan fingerprint density at radius 1 is 1.00 bits per heavy atom. The van der Waals surface area contributed by atoms with Gasteiger partial charge in [-0.15, -0.1) is 0 Å². The van der Waals surface area contributed by atoms with Crippen molar-refractivity contribution in [2.75, 3.05) is 49.6 Å². The Kier molecular flexibility index (Phi) is 7.30. The summed E-state index contributed by atoms with van der Waals surface area (Å²) < 4.78 is 33.2. The summed E-state index contributed by atoms with van der Waals surface area (Å²) in [7, 11) is -3.63. The van der Waals surface area contributed by atoms with Crippen molar-refractivity contribution in [2.45, 2.75) is 49.8 Å². The smallest absolute Gasteiger partial charge is 0.243 e. The molecule has 170 valence electrons. The molecule has 0 spiro atoms. The SMILES string of the molecule is O=C(Nc1cc(S(=O)(=O)N2CCOCC2)ccc1N1CCCCCC1)[C@@H]1CC=CCC1. The Hall–Kier alpha value is -1.90. The van der Waals surface area contributed by atoms with Gasteiger partial charge in [0.2, 0.25) is 15.9 Å². The van der Waals surface area contributed by atoms with Gasteiger partial charge in [-0.1, -0.05) is 25.0 Å². The summed E-state index contributed by atoms with van der Waals surface area (Å²) in [6.07, 6.45) is 11.3. The summed E-state index contributed by atoms with van der Waals surface area (Å²) in [5, 5.41) is 3.09. The molecule has 1 atom stereocenters.